The second-order valence-electron chi connectivity index (χ2n) is 4.91. The van der Waals surface area contributed by atoms with Gasteiger partial charge in [0.25, 0.3) is 0 Å². The van der Waals surface area contributed by atoms with Crippen molar-refractivity contribution >= 4 is 11.7 Å². The summed E-state index contributed by atoms with van der Waals surface area (Å²) in [6.45, 7) is 5.14. The van der Waals surface area contributed by atoms with Crippen molar-refractivity contribution in [2.45, 2.75) is 32.7 Å². The molecule has 100 valence electrons. The average molecular weight is 258 g/mol. The van der Waals surface area contributed by atoms with Gasteiger partial charge in [0.15, 0.2) is 0 Å². The maximum Gasteiger partial charge on any atom is 0.217 e. The first-order valence-corrected chi connectivity index (χ1v) is 6.50. The van der Waals surface area contributed by atoms with E-state index in [1.807, 2.05) is 19.1 Å². The van der Waals surface area contributed by atoms with Crippen LogP contribution in [0.25, 0.3) is 0 Å². The highest BCUT2D eigenvalue weighted by molar-refractivity contribution is 5.73. The van der Waals surface area contributed by atoms with Crippen LogP contribution in [-0.2, 0) is 4.79 Å². The Morgan fingerprint density at radius 3 is 2.74 bits per heavy atom. The lowest BCUT2D eigenvalue weighted by atomic mass is 10.0. The molecule has 0 radical (unpaired) electrons. The van der Waals surface area contributed by atoms with Gasteiger partial charge >= 0.3 is 0 Å². The van der Waals surface area contributed by atoms with Crippen LogP contribution in [0.4, 0.5) is 5.82 Å². The van der Waals surface area contributed by atoms with Crippen molar-refractivity contribution in [1.29, 1.82) is 5.26 Å². The predicted molar refractivity (Wildman–Crippen MR) is 72.7 cm³/mol. The van der Waals surface area contributed by atoms with Gasteiger partial charge in [0, 0.05) is 26.1 Å². The molecule has 19 heavy (non-hydrogen) atoms. The first-order valence-electron chi connectivity index (χ1n) is 6.50. The number of nitriles is 1. The number of aryl methyl sites for hydroxylation is 1. The molecule has 1 N–H and O–H groups in total. The molecule has 1 aliphatic heterocycles. The van der Waals surface area contributed by atoms with Gasteiger partial charge in [0.1, 0.15) is 17.6 Å². The number of nitrogens with one attached hydrogen (secondary N) is 1. The monoisotopic (exact) mass is 258 g/mol. The van der Waals surface area contributed by atoms with E-state index in [4.69, 9.17) is 5.26 Å². The number of hydrogen-bond donors (Lipinski definition) is 1. The van der Waals surface area contributed by atoms with Gasteiger partial charge in [-0.2, -0.15) is 5.26 Å². The average Bonchev–Trinajstić information content (AvgIpc) is 2.40. The summed E-state index contributed by atoms with van der Waals surface area (Å²) in [6.07, 6.45) is 1.83. The third-order valence-corrected chi connectivity index (χ3v) is 3.41. The molecule has 2 rings (SSSR count). The second-order valence-corrected chi connectivity index (χ2v) is 4.91. The quantitative estimate of drug-likeness (QED) is 0.869. The standard InChI is InChI=1S/C14H18N4O/c1-10-3-4-14(17-13(10)9-15)18-7-5-12(6-8-18)16-11(2)19/h3-4,12H,5-8H2,1-2H3,(H,16,19). The van der Waals surface area contributed by atoms with Crippen molar-refractivity contribution < 1.29 is 4.79 Å². The van der Waals surface area contributed by atoms with Gasteiger partial charge in [0.2, 0.25) is 5.91 Å². The molecule has 0 saturated carbocycles. The third kappa shape index (κ3) is 3.22. The lowest BCUT2D eigenvalue weighted by molar-refractivity contribution is -0.119. The van der Waals surface area contributed by atoms with E-state index in [-0.39, 0.29) is 11.9 Å². The first-order chi connectivity index (χ1) is 9.10. The van der Waals surface area contributed by atoms with E-state index >= 15 is 0 Å². The van der Waals surface area contributed by atoms with Crippen molar-refractivity contribution in [3.05, 3.63) is 23.4 Å². The van der Waals surface area contributed by atoms with Crippen LogP contribution in [0, 0.1) is 18.3 Å². The Hall–Kier alpha value is -2.09. The van der Waals surface area contributed by atoms with E-state index in [0.29, 0.717) is 5.69 Å². The molecule has 2 heterocycles. The van der Waals surface area contributed by atoms with Crippen LogP contribution >= 0.6 is 0 Å². The molecule has 1 saturated heterocycles. The fourth-order valence-electron chi connectivity index (χ4n) is 2.35. The second kappa shape index (κ2) is 5.70. The molecular weight excluding hydrogens is 240 g/mol. The summed E-state index contributed by atoms with van der Waals surface area (Å²) >= 11 is 0. The molecule has 1 aliphatic rings. The Bertz CT molecular complexity index is 513. The molecule has 1 amide bonds. The number of pyridine rings is 1. The summed E-state index contributed by atoms with van der Waals surface area (Å²) < 4.78 is 0. The van der Waals surface area contributed by atoms with Gasteiger partial charge in [0.05, 0.1) is 0 Å². The molecule has 0 aliphatic carbocycles. The van der Waals surface area contributed by atoms with E-state index in [9.17, 15) is 4.79 Å². The van der Waals surface area contributed by atoms with Crippen molar-refractivity contribution in [2.24, 2.45) is 0 Å². The topological polar surface area (TPSA) is 69.0 Å². The van der Waals surface area contributed by atoms with Crippen molar-refractivity contribution in [1.82, 2.24) is 10.3 Å². The van der Waals surface area contributed by atoms with Gasteiger partial charge in [-0.3, -0.25) is 4.79 Å². The molecule has 0 atom stereocenters. The van der Waals surface area contributed by atoms with Crippen molar-refractivity contribution in [3.8, 4) is 6.07 Å². The summed E-state index contributed by atoms with van der Waals surface area (Å²) in [6, 6.07) is 6.26. The Morgan fingerprint density at radius 2 is 2.16 bits per heavy atom. The Balaban J connectivity index is 2.02. The number of carbonyl (C=O) groups is 1. The number of piperidine rings is 1. The van der Waals surface area contributed by atoms with E-state index < -0.39 is 0 Å². The highest BCUT2D eigenvalue weighted by Crippen LogP contribution is 2.19. The lowest BCUT2D eigenvalue weighted by Gasteiger charge is -2.33. The lowest BCUT2D eigenvalue weighted by Crippen LogP contribution is -2.44. The summed E-state index contributed by atoms with van der Waals surface area (Å²) in [5.41, 5.74) is 1.39. The van der Waals surface area contributed by atoms with E-state index in [2.05, 4.69) is 21.3 Å². The van der Waals surface area contributed by atoms with E-state index in [0.717, 1.165) is 37.3 Å². The number of nitrogens with zero attached hydrogens (tertiary/aromatic N) is 3. The van der Waals surface area contributed by atoms with Crippen LogP contribution in [0.15, 0.2) is 12.1 Å². The fraction of sp³-hybridized carbons (Fsp3) is 0.500. The van der Waals surface area contributed by atoms with E-state index in [1.165, 1.54) is 0 Å². The molecule has 1 aromatic heterocycles. The predicted octanol–water partition coefficient (Wildman–Crippen LogP) is 1.37. The van der Waals surface area contributed by atoms with Gasteiger partial charge in [-0.1, -0.05) is 6.07 Å². The number of amides is 1. The summed E-state index contributed by atoms with van der Waals surface area (Å²) in [7, 11) is 0. The van der Waals surface area contributed by atoms with Gasteiger partial charge < -0.3 is 10.2 Å². The molecule has 0 spiro atoms. The van der Waals surface area contributed by atoms with Crippen LogP contribution in [0.5, 0.6) is 0 Å². The van der Waals surface area contributed by atoms with Crippen molar-refractivity contribution in [2.75, 3.05) is 18.0 Å². The summed E-state index contributed by atoms with van der Waals surface area (Å²) in [4.78, 5) is 17.6. The fourth-order valence-corrected chi connectivity index (χ4v) is 2.35. The van der Waals surface area contributed by atoms with E-state index in [1.54, 1.807) is 6.92 Å². The zero-order chi connectivity index (χ0) is 13.8. The minimum Gasteiger partial charge on any atom is -0.356 e. The van der Waals surface area contributed by atoms with Crippen LogP contribution in [-0.4, -0.2) is 30.0 Å². The largest absolute Gasteiger partial charge is 0.356 e. The summed E-state index contributed by atoms with van der Waals surface area (Å²) in [5.74, 6) is 0.877. The molecule has 5 nitrogen and oxygen atoms in total. The van der Waals surface area contributed by atoms with Crippen molar-refractivity contribution in [3.63, 3.8) is 0 Å². The number of aromatic nitrogens is 1. The maximum atomic E-state index is 11.0. The Morgan fingerprint density at radius 1 is 1.47 bits per heavy atom. The smallest absolute Gasteiger partial charge is 0.217 e. The Kier molecular flexibility index (Phi) is 4.00. The molecular formula is C14H18N4O. The molecule has 1 fully saturated rings. The summed E-state index contributed by atoms with van der Waals surface area (Å²) in [5, 5.41) is 12.0. The number of hydrogen-bond acceptors (Lipinski definition) is 4. The normalized spacial score (nSPS) is 15.9. The van der Waals surface area contributed by atoms with Crippen LogP contribution in [0.1, 0.15) is 31.0 Å². The van der Waals surface area contributed by atoms with Crippen LogP contribution < -0.4 is 10.2 Å². The zero-order valence-electron chi connectivity index (χ0n) is 11.3. The van der Waals surface area contributed by atoms with Crippen LogP contribution in [0.2, 0.25) is 0 Å². The number of carbonyl (C=O) groups excluding carboxylic acids is 1. The highest BCUT2D eigenvalue weighted by Gasteiger charge is 2.20. The third-order valence-electron chi connectivity index (χ3n) is 3.41. The minimum absolute atomic E-state index is 0.0266. The number of rotatable bonds is 2. The number of anilines is 1. The minimum atomic E-state index is 0.0266. The molecule has 0 unspecified atom stereocenters. The zero-order valence-corrected chi connectivity index (χ0v) is 11.3. The maximum absolute atomic E-state index is 11.0. The highest BCUT2D eigenvalue weighted by atomic mass is 16.1. The van der Waals surface area contributed by atoms with Gasteiger partial charge in [-0.05, 0) is 31.4 Å². The van der Waals surface area contributed by atoms with Gasteiger partial charge in [-0.15, -0.1) is 0 Å². The first kappa shape index (κ1) is 13.3. The van der Waals surface area contributed by atoms with Gasteiger partial charge in [-0.25, -0.2) is 4.98 Å². The van der Waals surface area contributed by atoms with Crippen LogP contribution in [0.3, 0.4) is 0 Å². The molecule has 0 aromatic carbocycles. The molecule has 5 heteroatoms. The Labute approximate surface area is 113 Å². The SMILES string of the molecule is CC(=O)NC1CCN(c2ccc(C)c(C#N)n2)CC1. The molecule has 1 aromatic rings. The molecule has 0 bridgehead atoms.